The Bertz CT molecular complexity index is 1330. The Morgan fingerprint density at radius 3 is 2.71 bits per heavy atom. The largest absolute Gasteiger partial charge is 0.337 e. The van der Waals surface area contributed by atoms with Crippen LogP contribution in [0.3, 0.4) is 0 Å². The van der Waals surface area contributed by atoms with Crippen molar-refractivity contribution in [2.24, 2.45) is 7.05 Å². The van der Waals surface area contributed by atoms with E-state index in [1.165, 1.54) is 40.2 Å². The zero-order valence-electron chi connectivity index (χ0n) is 17.0. The molecule has 0 atom stereocenters. The second-order valence-electron chi connectivity index (χ2n) is 7.68. The monoisotopic (exact) mass is 440 g/mol. The molecule has 1 aliphatic rings. The molecule has 0 unspecified atom stereocenters. The van der Waals surface area contributed by atoms with Crippen LogP contribution in [0.1, 0.15) is 22.6 Å². The summed E-state index contributed by atoms with van der Waals surface area (Å²) in [6, 6.07) is 7.60. The van der Waals surface area contributed by atoms with E-state index in [1.807, 2.05) is 20.7 Å². The molecule has 1 aliphatic heterocycles. The van der Waals surface area contributed by atoms with Gasteiger partial charge in [-0.05, 0) is 42.1 Å². The number of halogens is 1. The van der Waals surface area contributed by atoms with Crippen LogP contribution in [0, 0.1) is 5.82 Å². The van der Waals surface area contributed by atoms with Crippen molar-refractivity contribution in [1.82, 2.24) is 29.0 Å². The van der Waals surface area contributed by atoms with Crippen LogP contribution in [0.15, 0.2) is 40.5 Å². The number of carbonyl (C=O) groups is 1. The second-order valence-corrected chi connectivity index (χ2v) is 8.60. The van der Waals surface area contributed by atoms with Crippen molar-refractivity contribution >= 4 is 33.2 Å². The number of amides is 1. The van der Waals surface area contributed by atoms with Gasteiger partial charge >= 0.3 is 0 Å². The van der Waals surface area contributed by atoms with Gasteiger partial charge in [-0.25, -0.2) is 4.39 Å². The Labute approximate surface area is 181 Å². The van der Waals surface area contributed by atoms with E-state index >= 15 is 0 Å². The van der Waals surface area contributed by atoms with Crippen molar-refractivity contribution in [2.45, 2.75) is 13.0 Å². The molecule has 0 spiro atoms. The van der Waals surface area contributed by atoms with Gasteiger partial charge in [-0.3, -0.25) is 23.5 Å². The van der Waals surface area contributed by atoms with Crippen molar-refractivity contribution in [3.05, 3.63) is 63.3 Å². The number of hydrogen-bond acceptors (Lipinski definition) is 6. The molecule has 3 aromatic heterocycles. The summed E-state index contributed by atoms with van der Waals surface area (Å²) in [4.78, 5) is 29.3. The average Bonchev–Trinajstić information content (AvgIpc) is 3.34. The van der Waals surface area contributed by atoms with Crippen LogP contribution in [-0.4, -0.2) is 61.1 Å². The number of thiophene rings is 1. The normalized spacial score (nSPS) is 15.6. The second kappa shape index (κ2) is 7.86. The summed E-state index contributed by atoms with van der Waals surface area (Å²) in [5.74, 6) is 0.863. The Morgan fingerprint density at radius 1 is 1.10 bits per heavy atom. The third-order valence-corrected chi connectivity index (χ3v) is 6.62. The molecule has 0 radical (unpaired) electrons. The van der Waals surface area contributed by atoms with Crippen molar-refractivity contribution in [1.29, 1.82) is 0 Å². The minimum absolute atomic E-state index is 0.0684. The summed E-state index contributed by atoms with van der Waals surface area (Å²) in [6.07, 6.45) is 0.829. The standard InChI is InChI=1S/C21H21FN6O2S/c1-25-20(30)18-16(7-12-31-18)28-17(23-24-21(25)28)13-26-8-2-9-27(11-10-26)19(29)14-3-5-15(22)6-4-14/h3-7,12H,2,8-11,13H2,1H3. The van der Waals surface area contributed by atoms with Gasteiger partial charge in [0.1, 0.15) is 10.5 Å². The lowest BCUT2D eigenvalue weighted by molar-refractivity contribution is 0.0761. The minimum atomic E-state index is -0.351. The van der Waals surface area contributed by atoms with Gasteiger partial charge in [0.05, 0.1) is 12.1 Å². The number of aromatic nitrogens is 4. The molecule has 1 fully saturated rings. The highest BCUT2D eigenvalue weighted by Gasteiger charge is 2.22. The fraction of sp³-hybridized carbons (Fsp3) is 0.333. The number of nitrogens with zero attached hydrogens (tertiary/aromatic N) is 6. The highest BCUT2D eigenvalue weighted by molar-refractivity contribution is 7.17. The molecular weight excluding hydrogens is 419 g/mol. The Hall–Kier alpha value is -3.11. The average molecular weight is 441 g/mol. The third kappa shape index (κ3) is 3.51. The van der Waals surface area contributed by atoms with E-state index in [9.17, 15) is 14.0 Å². The first-order chi connectivity index (χ1) is 15.0. The van der Waals surface area contributed by atoms with Crippen LogP contribution in [0.25, 0.3) is 16.0 Å². The molecule has 1 amide bonds. The van der Waals surface area contributed by atoms with E-state index in [-0.39, 0.29) is 17.3 Å². The number of rotatable bonds is 3. The van der Waals surface area contributed by atoms with E-state index in [1.54, 1.807) is 7.05 Å². The lowest BCUT2D eigenvalue weighted by Crippen LogP contribution is -2.35. The topological polar surface area (TPSA) is 75.7 Å². The van der Waals surface area contributed by atoms with E-state index < -0.39 is 0 Å². The number of aryl methyl sites for hydroxylation is 1. The lowest BCUT2D eigenvalue weighted by atomic mass is 10.2. The maximum atomic E-state index is 13.2. The van der Waals surface area contributed by atoms with Crippen LogP contribution in [0.5, 0.6) is 0 Å². The van der Waals surface area contributed by atoms with Crippen LogP contribution >= 0.6 is 11.3 Å². The van der Waals surface area contributed by atoms with Gasteiger partial charge in [0.15, 0.2) is 5.82 Å². The molecule has 4 aromatic rings. The highest BCUT2D eigenvalue weighted by atomic mass is 32.1. The van der Waals surface area contributed by atoms with Crippen molar-refractivity contribution in [2.75, 3.05) is 26.2 Å². The predicted octanol–water partition coefficient (Wildman–Crippen LogP) is 2.13. The van der Waals surface area contributed by atoms with E-state index in [0.717, 1.165) is 24.3 Å². The van der Waals surface area contributed by atoms with Crippen molar-refractivity contribution in [3.8, 4) is 0 Å². The number of hydrogen-bond donors (Lipinski definition) is 0. The maximum absolute atomic E-state index is 13.2. The van der Waals surface area contributed by atoms with Crippen LogP contribution in [-0.2, 0) is 13.6 Å². The molecule has 1 aromatic carbocycles. The van der Waals surface area contributed by atoms with Gasteiger partial charge in [-0.2, -0.15) is 0 Å². The van der Waals surface area contributed by atoms with Crippen LogP contribution < -0.4 is 5.56 Å². The fourth-order valence-corrected chi connectivity index (χ4v) is 4.91. The molecule has 0 bridgehead atoms. The Morgan fingerprint density at radius 2 is 1.90 bits per heavy atom. The number of carbonyl (C=O) groups excluding carboxylic acids is 1. The predicted molar refractivity (Wildman–Crippen MR) is 116 cm³/mol. The minimum Gasteiger partial charge on any atom is -0.337 e. The molecular formula is C21H21FN6O2S. The van der Waals surface area contributed by atoms with Gasteiger partial charge < -0.3 is 4.90 Å². The molecule has 4 heterocycles. The number of fused-ring (bicyclic) bond motifs is 3. The van der Waals surface area contributed by atoms with Gasteiger partial charge in [-0.15, -0.1) is 21.5 Å². The third-order valence-electron chi connectivity index (χ3n) is 5.73. The summed E-state index contributed by atoms with van der Waals surface area (Å²) in [6.45, 7) is 3.32. The first kappa shape index (κ1) is 19.8. The summed E-state index contributed by atoms with van der Waals surface area (Å²) >= 11 is 1.42. The van der Waals surface area contributed by atoms with Crippen molar-refractivity contribution < 1.29 is 9.18 Å². The SMILES string of the molecule is Cn1c(=O)c2sccc2n2c(CN3CCCN(C(=O)c4ccc(F)cc4)CC3)nnc12. The van der Waals surface area contributed by atoms with Gasteiger partial charge in [0.2, 0.25) is 5.78 Å². The van der Waals surface area contributed by atoms with Gasteiger partial charge in [0, 0.05) is 38.8 Å². The molecule has 8 nitrogen and oxygen atoms in total. The van der Waals surface area contributed by atoms with Crippen molar-refractivity contribution in [3.63, 3.8) is 0 Å². The molecule has 10 heteroatoms. The zero-order valence-corrected chi connectivity index (χ0v) is 17.8. The fourth-order valence-electron chi connectivity index (χ4n) is 4.06. The molecule has 0 saturated carbocycles. The highest BCUT2D eigenvalue weighted by Crippen LogP contribution is 2.20. The quantitative estimate of drug-likeness (QED) is 0.488. The maximum Gasteiger partial charge on any atom is 0.272 e. The summed E-state index contributed by atoms with van der Waals surface area (Å²) in [5, 5.41) is 10.5. The van der Waals surface area contributed by atoms with E-state index in [2.05, 4.69) is 15.1 Å². The van der Waals surface area contributed by atoms with Crippen LogP contribution in [0.2, 0.25) is 0 Å². The smallest absolute Gasteiger partial charge is 0.272 e. The zero-order chi connectivity index (χ0) is 21.5. The first-order valence-corrected chi connectivity index (χ1v) is 11.0. The molecule has 5 rings (SSSR count). The summed E-state index contributed by atoms with van der Waals surface area (Å²) < 4.78 is 17.3. The Kier molecular flexibility index (Phi) is 5.03. The molecule has 0 N–H and O–H groups in total. The number of benzene rings is 1. The Balaban J connectivity index is 1.36. The molecule has 160 valence electrons. The molecule has 0 aliphatic carbocycles. The summed E-state index contributed by atoms with van der Waals surface area (Å²) in [5.41, 5.74) is 1.26. The van der Waals surface area contributed by atoms with Gasteiger partial charge in [0.25, 0.3) is 11.5 Å². The van der Waals surface area contributed by atoms with E-state index in [0.29, 0.717) is 42.2 Å². The van der Waals surface area contributed by atoms with E-state index in [4.69, 9.17) is 0 Å². The summed E-state index contributed by atoms with van der Waals surface area (Å²) in [7, 11) is 1.71. The molecule has 31 heavy (non-hydrogen) atoms. The van der Waals surface area contributed by atoms with Gasteiger partial charge in [-0.1, -0.05) is 0 Å². The lowest BCUT2D eigenvalue weighted by Gasteiger charge is -2.21. The first-order valence-electron chi connectivity index (χ1n) is 10.1. The van der Waals surface area contributed by atoms with Crippen LogP contribution in [0.4, 0.5) is 4.39 Å². The molecule has 1 saturated heterocycles.